The molecule has 0 fully saturated rings. The zero-order chi connectivity index (χ0) is 11.4. The number of nitrogens with zero attached hydrogens (tertiary/aromatic N) is 2. The van der Waals surface area contributed by atoms with E-state index in [1.807, 2.05) is 12.4 Å². The minimum atomic E-state index is 0.710. The second-order valence-electron chi connectivity index (χ2n) is 4.43. The molecule has 0 saturated carbocycles. The molecule has 0 spiro atoms. The molecule has 2 heteroatoms. The van der Waals surface area contributed by atoms with E-state index in [1.54, 1.807) is 0 Å². The first-order chi connectivity index (χ1) is 7.85. The average molecular weight is 216 g/mol. The van der Waals surface area contributed by atoms with E-state index >= 15 is 0 Å². The van der Waals surface area contributed by atoms with Gasteiger partial charge in [-0.1, -0.05) is 32.8 Å². The van der Waals surface area contributed by atoms with Gasteiger partial charge in [-0.15, -0.1) is 0 Å². The predicted molar refractivity (Wildman–Crippen MR) is 67.7 cm³/mol. The third-order valence-corrected chi connectivity index (χ3v) is 3.16. The number of rotatable bonds is 5. The van der Waals surface area contributed by atoms with E-state index in [9.17, 15) is 0 Å². The highest BCUT2D eigenvalue weighted by molar-refractivity contribution is 5.40. The Morgan fingerprint density at radius 1 is 1.19 bits per heavy atom. The summed E-state index contributed by atoms with van der Waals surface area (Å²) < 4.78 is 2.12. The van der Waals surface area contributed by atoms with Crippen LogP contribution in [0.15, 0.2) is 30.7 Å². The number of hydrogen-bond donors (Lipinski definition) is 0. The van der Waals surface area contributed by atoms with Crippen LogP contribution in [-0.2, 0) is 0 Å². The summed E-state index contributed by atoms with van der Waals surface area (Å²) in [4.78, 5) is 4.27. The maximum absolute atomic E-state index is 4.27. The minimum absolute atomic E-state index is 0.710. The van der Waals surface area contributed by atoms with Gasteiger partial charge in [-0.3, -0.25) is 0 Å². The Bertz CT molecular complexity index is 439. The molecule has 0 aromatic carbocycles. The molecule has 86 valence electrons. The van der Waals surface area contributed by atoms with Crippen molar-refractivity contribution in [2.75, 3.05) is 0 Å². The van der Waals surface area contributed by atoms with Crippen LogP contribution in [0.1, 0.15) is 51.0 Å². The van der Waals surface area contributed by atoms with Gasteiger partial charge in [0.1, 0.15) is 5.65 Å². The van der Waals surface area contributed by atoms with Gasteiger partial charge >= 0.3 is 0 Å². The zero-order valence-corrected chi connectivity index (χ0v) is 10.2. The summed E-state index contributed by atoms with van der Waals surface area (Å²) in [5.41, 5.74) is 2.49. The van der Waals surface area contributed by atoms with E-state index in [2.05, 4.69) is 41.6 Å². The Kier molecular flexibility index (Phi) is 3.60. The smallest absolute Gasteiger partial charge is 0.136 e. The molecular formula is C14H20N2. The second-order valence-corrected chi connectivity index (χ2v) is 4.43. The minimum Gasteiger partial charge on any atom is -0.307 e. The van der Waals surface area contributed by atoms with Crippen molar-refractivity contribution in [3.05, 3.63) is 36.3 Å². The molecule has 0 unspecified atom stereocenters. The third kappa shape index (κ3) is 2.26. The lowest BCUT2D eigenvalue weighted by atomic mass is 9.91. The molecule has 0 aliphatic rings. The Labute approximate surface area is 97.3 Å². The topological polar surface area (TPSA) is 17.3 Å². The molecule has 0 aliphatic heterocycles. The normalized spacial score (nSPS) is 11.4. The van der Waals surface area contributed by atoms with Gasteiger partial charge in [-0.2, -0.15) is 0 Å². The quantitative estimate of drug-likeness (QED) is 0.738. The summed E-state index contributed by atoms with van der Waals surface area (Å²) in [6, 6.07) is 4.35. The van der Waals surface area contributed by atoms with Crippen molar-refractivity contribution in [2.45, 2.75) is 45.4 Å². The summed E-state index contributed by atoms with van der Waals surface area (Å²) in [6.07, 6.45) is 11.2. The number of fused-ring (bicyclic) bond motifs is 1. The molecule has 2 heterocycles. The lowest BCUT2D eigenvalue weighted by Gasteiger charge is -2.15. The molecule has 0 atom stereocenters. The first-order valence-corrected chi connectivity index (χ1v) is 6.27. The second kappa shape index (κ2) is 5.15. The van der Waals surface area contributed by atoms with Gasteiger partial charge in [0, 0.05) is 18.6 Å². The van der Waals surface area contributed by atoms with Crippen molar-refractivity contribution >= 4 is 5.65 Å². The van der Waals surface area contributed by atoms with E-state index in [4.69, 9.17) is 0 Å². The van der Waals surface area contributed by atoms with Crippen LogP contribution in [0.25, 0.3) is 5.65 Å². The van der Waals surface area contributed by atoms with Crippen molar-refractivity contribution in [3.63, 3.8) is 0 Å². The van der Waals surface area contributed by atoms with Crippen molar-refractivity contribution < 1.29 is 0 Å². The highest BCUT2D eigenvalue weighted by Gasteiger charge is 2.10. The molecule has 0 aliphatic carbocycles. The summed E-state index contributed by atoms with van der Waals surface area (Å²) >= 11 is 0. The summed E-state index contributed by atoms with van der Waals surface area (Å²) in [5.74, 6) is 0.710. The molecule has 0 radical (unpaired) electrons. The standard InChI is InChI=1S/C14H20N2/c1-3-5-12(6-4-2)13-7-8-14-15-9-10-16(14)11-13/h7-12H,3-6H2,1-2H3. The first-order valence-electron chi connectivity index (χ1n) is 6.27. The number of imidazole rings is 1. The van der Waals surface area contributed by atoms with Crippen molar-refractivity contribution in [3.8, 4) is 0 Å². The number of hydrogen-bond acceptors (Lipinski definition) is 1. The number of aromatic nitrogens is 2. The van der Waals surface area contributed by atoms with Gasteiger partial charge in [0.05, 0.1) is 0 Å². The highest BCUT2D eigenvalue weighted by Crippen LogP contribution is 2.26. The molecule has 2 rings (SSSR count). The molecule has 0 bridgehead atoms. The molecule has 2 aromatic heterocycles. The van der Waals surface area contributed by atoms with Crippen LogP contribution < -0.4 is 0 Å². The largest absolute Gasteiger partial charge is 0.307 e. The summed E-state index contributed by atoms with van der Waals surface area (Å²) in [5, 5.41) is 0. The summed E-state index contributed by atoms with van der Waals surface area (Å²) in [6.45, 7) is 4.52. The van der Waals surface area contributed by atoms with E-state index in [1.165, 1.54) is 31.2 Å². The molecule has 0 saturated heterocycles. The van der Waals surface area contributed by atoms with Gasteiger partial charge in [0.15, 0.2) is 0 Å². The molecular weight excluding hydrogens is 196 g/mol. The van der Waals surface area contributed by atoms with Gasteiger partial charge in [-0.25, -0.2) is 4.98 Å². The maximum atomic E-state index is 4.27. The predicted octanol–water partition coefficient (Wildman–Crippen LogP) is 4.02. The van der Waals surface area contributed by atoms with Crippen molar-refractivity contribution in [1.29, 1.82) is 0 Å². The Balaban J connectivity index is 2.28. The van der Waals surface area contributed by atoms with E-state index in [-0.39, 0.29) is 0 Å². The number of pyridine rings is 1. The van der Waals surface area contributed by atoms with Gasteiger partial charge in [-0.05, 0) is 30.4 Å². The fourth-order valence-corrected chi connectivity index (χ4v) is 2.35. The Morgan fingerprint density at radius 2 is 1.94 bits per heavy atom. The fourth-order valence-electron chi connectivity index (χ4n) is 2.35. The Hall–Kier alpha value is -1.31. The lowest BCUT2D eigenvalue weighted by Crippen LogP contribution is -2.00. The van der Waals surface area contributed by atoms with Gasteiger partial charge in [0.2, 0.25) is 0 Å². The van der Waals surface area contributed by atoms with Crippen LogP contribution in [0, 0.1) is 0 Å². The molecule has 2 aromatic rings. The van der Waals surface area contributed by atoms with Gasteiger partial charge < -0.3 is 4.40 Å². The lowest BCUT2D eigenvalue weighted by molar-refractivity contribution is 0.559. The maximum Gasteiger partial charge on any atom is 0.136 e. The van der Waals surface area contributed by atoms with E-state index in [0.717, 1.165) is 5.65 Å². The molecule has 0 amide bonds. The highest BCUT2D eigenvalue weighted by atomic mass is 15.0. The molecule has 0 N–H and O–H groups in total. The molecule has 16 heavy (non-hydrogen) atoms. The first kappa shape index (κ1) is 11.2. The van der Waals surface area contributed by atoms with Crippen LogP contribution in [0.4, 0.5) is 0 Å². The Morgan fingerprint density at radius 3 is 2.62 bits per heavy atom. The zero-order valence-electron chi connectivity index (χ0n) is 10.2. The molecule has 2 nitrogen and oxygen atoms in total. The van der Waals surface area contributed by atoms with Crippen LogP contribution in [0.2, 0.25) is 0 Å². The van der Waals surface area contributed by atoms with Crippen LogP contribution in [-0.4, -0.2) is 9.38 Å². The fraction of sp³-hybridized carbons (Fsp3) is 0.500. The van der Waals surface area contributed by atoms with E-state index in [0.29, 0.717) is 5.92 Å². The average Bonchev–Trinajstić information content (AvgIpc) is 2.75. The van der Waals surface area contributed by atoms with Crippen molar-refractivity contribution in [2.24, 2.45) is 0 Å². The van der Waals surface area contributed by atoms with Crippen LogP contribution in [0.3, 0.4) is 0 Å². The summed E-state index contributed by atoms with van der Waals surface area (Å²) in [7, 11) is 0. The third-order valence-electron chi connectivity index (χ3n) is 3.16. The van der Waals surface area contributed by atoms with E-state index < -0.39 is 0 Å². The van der Waals surface area contributed by atoms with Crippen molar-refractivity contribution in [1.82, 2.24) is 9.38 Å². The SMILES string of the molecule is CCCC(CCC)c1ccc2nccn2c1. The monoisotopic (exact) mass is 216 g/mol. The van der Waals surface area contributed by atoms with Crippen LogP contribution >= 0.6 is 0 Å². The van der Waals surface area contributed by atoms with Gasteiger partial charge in [0.25, 0.3) is 0 Å². The van der Waals surface area contributed by atoms with Crippen LogP contribution in [0.5, 0.6) is 0 Å².